The largest absolute Gasteiger partial charge is 0.396 e. The van der Waals surface area contributed by atoms with Crippen LogP contribution in [-0.4, -0.2) is 42.2 Å². The van der Waals surface area contributed by atoms with Gasteiger partial charge in [0.25, 0.3) is 0 Å². The van der Waals surface area contributed by atoms with E-state index in [0.717, 1.165) is 31.5 Å². The summed E-state index contributed by atoms with van der Waals surface area (Å²) in [5.41, 5.74) is 0.932. The van der Waals surface area contributed by atoms with Crippen LogP contribution in [0.5, 0.6) is 0 Å². The van der Waals surface area contributed by atoms with E-state index in [9.17, 15) is 4.79 Å². The van der Waals surface area contributed by atoms with Crippen molar-refractivity contribution in [1.29, 1.82) is 0 Å². The van der Waals surface area contributed by atoms with Crippen LogP contribution in [0.3, 0.4) is 0 Å². The molecule has 1 aliphatic rings. The maximum absolute atomic E-state index is 11.9. The lowest BCUT2D eigenvalue weighted by atomic mass is 9.98. The highest BCUT2D eigenvalue weighted by Gasteiger charge is 2.19. The molecule has 1 aromatic rings. The maximum atomic E-state index is 11.9. The SMILES string of the molecule is O=C(CN1CCC(CO)CC1)NCc1ccccc1Cl. The molecule has 1 fully saturated rings. The summed E-state index contributed by atoms with van der Waals surface area (Å²) in [4.78, 5) is 14.0. The predicted molar refractivity (Wildman–Crippen MR) is 79.5 cm³/mol. The van der Waals surface area contributed by atoms with Crippen LogP contribution in [0.25, 0.3) is 0 Å². The third-order valence-corrected chi connectivity index (χ3v) is 4.14. The average Bonchev–Trinajstić information content (AvgIpc) is 2.47. The molecule has 1 aromatic carbocycles. The molecule has 1 amide bonds. The quantitative estimate of drug-likeness (QED) is 0.869. The molecule has 20 heavy (non-hydrogen) atoms. The molecule has 5 heteroatoms. The Kier molecular flexibility index (Phi) is 5.83. The van der Waals surface area contributed by atoms with Crippen LogP contribution < -0.4 is 5.32 Å². The van der Waals surface area contributed by atoms with Crippen LogP contribution >= 0.6 is 11.6 Å². The number of aliphatic hydroxyl groups is 1. The first-order chi connectivity index (χ1) is 9.69. The Balaban J connectivity index is 1.72. The van der Waals surface area contributed by atoms with Crippen molar-refractivity contribution in [3.63, 3.8) is 0 Å². The second-order valence-electron chi connectivity index (χ2n) is 5.27. The standard InChI is InChI=1S/C15H21ClN2O2/c16-14-4-2-1-3-13(14)9-17-15(20)10-18-7-5-12(11-19)6-8-18/h1-4,12,19H,5-11H2,(H,17,20). The zero-order valence-corrected chi connectivity index (χ0v) is 12.3. The molecule has 1 saturated heterocycles. The lowest BCUT2D eigenvalue weighted by molar-refractivity contribution is -0.122. The van der Waals surface area contributed by atoms with Crippen LogP contribution in [0.1, 0.15) is 18.4 Å². The number of hydrogen-bond donors (Lipinski definition) is 2. The Morgan fingerprint density at radius 2 is 2.05 bits per heavy atom. The van der Waals surface area contributed by atoms with Gasteiger partial charge in [0.15, 0.2) is 0 Å². The number of nitrogens with one attached hydrogen (secondary N) is 1. The normalized spacial score (nSPS) is 17.1. The molecule has 0 aromatic heterocycles. The highest BCUT2D eigenvalue weighted by Crippen LogP contribution is 2.16. The van der Waals surface area contributed by atoms with Crippen molar-refractivity contribution in [2.24, 2.45) is 5.92 Å². The fourth-order valence-electron chi connectivity index (χ4n) is 2.42. The number of hydrogen-bond acceptors (Lipinski definition) is 3. The number of piperidine rings is 1. The number of likely N-dealkylation sites (tertiary alicyclic amines) is 1. The molecule has 4 nitrogen and oxygen atoms in total. The molecule has 0 unspecified atom stereocenters. The molecule has 2 N–H and O–H groups in total. The first-order valence-corrected chi connectivity index (χ1v) is 7.40. The van der Waals surface area contributed by atoms with E-state index in [4.69, 9.17) is 16.7 Å². The number of amides is 1. The van der Waals surface area contributed by atoms with E-state index in [2.05, 4.69) is 10.2 Å². The summed E-state index contributed by atoms with van der Waals surface area (Å²) in [7, 11) is 0. The predicted octanol–water partition coefficient (Wildman–Crippen LogP) is 1.66. The van der Waals surface area contributed by atoms with Gasteiger partial charge >= 0.3 is 0 Å². The van der Waals surface area contributed by atoms with Crippen LogP contribution in [0.2, 0.25) is 5.02 Å². The zero-order valence-electron chi connectivity index (χ0n) is 11.5. The number of rotatable bonds is 5. The summed E-state index contributed by atoms with van der Waals surface area (Å²) in [5, 5.41) is 12.7. The lowest BCUT2D eigenvalue weighted by Gasteiger charge is -2.30. The van der Waals surface area contributed by atoms with Crippen LogP contribution in [0.4, 0.5) is 0 Å². The van der Waals surface area contributed by atoms with Gasteiger partial charge in [0.05, 0.1) is 6.54 Å². The highest BCUT2D eigenvalue weighted by atomic mass is 35.5. The van der Waals surface area contributed by atoms with Gasteiger partial charge in [-0.05, 0) is 43.5 Å². The summed E-state index contributed by atoms with van der Waals surface area (Å²) in [6.45, 7) is 2.90. The van der Waals surface area contributed by atoms with E-state index in [1.165, 1.54) is 0 Å². The van der Waals surface area contributed by atoms with Crippen molar-refractivity contribution in [1.82, 2.24) is 10.2 Å². The van der Waals surface area contributed by atoms with Gasteiger partial charge in [0, 0.05) is 18.2 Å². The van der Waals surface area contributed by atoms with Gasteiger partial charge in [-0.15, -0.1) is 0 Å². The van der Waals surface area contributed by atoms with E-state index in [1.807, 2.05) is 24.3 Å². The Morgan fingerprint density at radius 3 is 2.70 bits per heavy atom. The minimum absolute atomic E-state index is 0.0207. The third-order valence-electron chi connectivity index (χ3n) is 3.77. The zero-order chi connectivity index (χ0) is 14.4. The van der Waals surface area contributed by atoms with E-state index in [1.54, 1.807) is 0 Å². The minimum Gasteiger partial charge on any atom is -0.396 e. The van der Waals surface area contributed by atoms with Gasteiger partial charge in [-0.2, -0.15) is 0 Å². The van der Waals surface area contributed by atoms with Gasteiger partial charge in [0.2, 0.25) is 5.91 Å². The Morgan fingerprint density at radius 1 is 1.35 bits per heavy atom. The third kappa shape index (κ3) is 4.47. The monoisotopic (exact) mass is 296 g/mol. The van der Waals surface area contributed by atoms with Crippen molar-refractivity contribution < 1.29 is 9.90 Å². The number of halogens is 1. The fourth-order valence-corrected chi connectivity index (χ4v) is 2.62. The second kappa shape index (κ2) is 7.62. The van der Waals surface area contributed by atoms with Crippen LogP contribution in [0.15, 0.2) is 24.3 Å². The Hall–Kier alpha value is -1.10. The maximum Gasteiger partial charge on any atom is 0.234 e. The number of carbonyl (C=O) groups excluding carboxylic acids is 1. The molecule has 0 saturated carbocycles. The van der Waals surface area contributed by atoms with E-state index in [-0.39, 0.29) is 12.5 Å². The smallest absolute Gasteiger partial charge is 0.234 e. The molecule has 0 bridgehead atoms. The van der Waals surface area contributed by atoms with Gasteiger partial charge in [0.1, 0.15) is 0 Å². The van der Waals surface area contributed by atoms with Gasteiger partial charge < -0.3 is 10.4 Å². The summed E-state index contributed by atoms with van der Waals surface area (Å²) >= 11 is 6.05. The summed E-state index contributed by atoms with van der Waals surface area (Å²) in [6, 6.07) is 7.52. The minimum atomic E-state index is 0.0207. The second-order valence-corrected chi connectivity index (χ2v) is 5.68. The first-order valence-electron chi connectivity index (χ1n) is 7.02. The van der Waals surface area contributed by atoms with Crippen molar-refractivity contribution in [3.05, 3.63) is 34.9 Å². The Bertz CT molecular complexity index is 445. The van der Waals surface area contributed by atoms with E-state index in [0.29, 0.717) is 24.0 Å². The van der Waals surface area contributed by atoms with Gasteiger partial charge in [-0.25, -0.2) is 0 Å². The highest BCUT2D eigenvalue weighted by molar-refractivity contribution is 6.31. The number of carbonyl (C=O) groups is 1. The molecule has 2 rings (SSSR count). The molecule has 1 heterocycles. The van der Waals surface area contributed by atoms with Crippen LogP contribution in [-0.2, 0) is 11.3 Å². The van der Waals surface area contributed by atoms with Crippen molar-refractivity contribution in [2.75, 3.05) is 26.2 Å². The summed E-state index contributed by atoms with van der Waals surface area (Å²) in [6.07, 6.45) is 1.93. The van der Waals surface area contributed by atoms with E-state index < -0.39 is 0 Å². The van der Waals surface area contributed by atoms with Gasteiger partial charge in [-0.3, -0.25) is 9.69 Å². The van der Waals surface area contributed by atoms with Crippen molar-refractivity contribution >= 4 is 17.5 Å². The van der Waals surface area contributed by atoms with Crippen LogP contribution in [0, 0.1) is 5.92 Å². The van der Waals surface area contributed by atoms with Gasteiger partial charge in [-0.1, -0.05) is 29.8 Å². The molecule has 0 aliphatic carbocycles. The molecule has 1 aliphatic heterocycles. The topological polar surface area (TPSA) is 52.6 Å². The first kappa shape index (κ1) is 15.3. The summed E-state index contributed by atoms with van der Waals surface area (Å²) < 4.78 is 0. The number of aliphatic hydroxyl groups excluding tert-OH is 1. The average molecular weight is 297 g/mol. The molecule has 110 valence electrons. The van der Waals surface area contributed by atoms with E-state index >= 15 is 0 Å². The van der Waals surface area contributed by atoms with Crippen molar-refractivity contribution in [3.8, 4) is 0 Å². The molecule has 0 radical (unpaired) electrons. The molecule has 0 atom stereocenters. The number of benzene rings is 1. The van der Waals surface area contributed by atoms with Crippen molar-refractivity contribution in [2.45, 2.75) is 19.4 Å². The Labute approximate surface area is 124 Å². The molecular weight excluding hydrogens is 276 g/mol. The fraction of sp³-hybridized carbons (Fsp3) is 0.533. The summed E-state index contributed by atoms with van der Waals surface area (Å²) in [5.74, 6) is 0.421. The number of nitrogens with zero attached hydrogens (tertiary/aromatic N) is 1. The lowest BCUT2D eigenvalue weighted by Crippen LogP contribution is -2.41. The molecule has 0 spiro atoms. The molecular formula is C15H21ClN2O2.